The molecule has 2 nitrogen and oxygen atoms in total. The van der Waals surface area contributed by atoms with Gasteiger partial charge in [-0.25, -0.2) is 0 Å². The lowest BCUT2D eigenvalue weighted by Crippen LogP contribution is -2.46. The highest BCUT2D eigenvalue weighted by Gasteiger charge is 2.25. The van der Waals surface area contributed by atoms with Crippen LogP contribution in [0.2, 0.25) is 0 Å². The van der Waals surface area contributed by atoms with Crippen LogP contribution in [0.3, 0.4) is 0 Å². The standard InChI is InChI=1S/C19H34N2/c1-7-8-9-14-21(15(2)3)17(5)19(20-6)18-12-10-16(4)11-13-18/h10-13,15,17,19-20H,7-9,14H2,1-6H3. The molecule has 0 aliphatic carbocycles. The largest absolute Gasteiger partial charge is 0.312 e. The SMILES string of the molecule is CCCCCN(C(C)C)C(C)C(NC)c1ccc(C)cc1. The van der Waals surface area contributed by atoms with Crippen molar-refractivity contribution in [1.82, 2.24) is 10.2 Å². The molecular formula is C19H34N2. The van der Waals surface area contributed by atoms with E-state index in [1.807, 2.05) is 0 Å². The first-order valence-corrected chi connectivity index (χ1v) is 8.50. The zero-order valence-electron chi connectivity index (χ0n) is 14.8. The van der Waals surface area contributed by atoms with Crippen molar-refractivity contribution in [3.63, 3.8) is 0 Å². The second-order valence-corrected chi connectivity index (χ2v) is 6.46. The lowest BCUT2D eigenvalue weighted by atomic mass is 9.97. The van der Waals surface area contributed by atoms with Crippen molar-refractivity contribution in [3.8, 4) is 0 Å². The summed E-state index contributed by atoms with van der Waals surface area (Å²) in [5.41, 5.74) is 2.71. The molecule has 0 aromatic heterocycles. The van der Waals surface area contributed by atoms with E-state index in [1.165, 1.54) is 36.9 Å². The molecule has 1 aromatic carbocycles. The predicted octanol–water partition coefficient (Wildman–Crippen LogP) is 4.54. The van der Waals surface area contributed by atoms with E-state index in [0.717, 1.165) is 0 Å². The molecule has 0 saturated carbocycles. The van der Waals surface area contributed by atoms with E-state index in [1.54, 1.807) is 0 Å². The molecule has 21 heavy (non-hydrogen) atoms. The molecule has 1 aromatic rings. The minimum Gasteiger partial charge on any atom is -0.312 e. The number of nitrogens with zero attached hydrogens (tertiary/aromatic N) is 1. The molecule has 1 rings (SSSR count). The minimum atomic E-state index is 0.384. The summed E-state index contributed by atoms with van der Waals surface area (Å²) in [6.45, 7) is 12.6. The molecule has 0 saturated heterocycles. The molecule has 0 radical (unpaired) electrons. The average Bonchev–Trinajstić information content (AvgIpc) is 2.46. The minimum absolute atomic E-state index is 0.384. The van der Waals surface area contributed by atoms with E-state index in [9.17, 15) is 0 Å². The topological polar surface area (TPSA) is 15.3 Å². The lowest BCUT2D eigenvalue weighted by Gasteiger charge is -2.38. The van der Waals surface area contributed by atoms with Crippen LogP contribution in [0.25, 0.3) is 0 Å². The van der Waals surface area contributed by atoms with Gasteiger partial charge in [0.15, 0.2) is 0 Å². The normalized spacial score (nSPS) is 14.7. The Bertz CT molecular complexity index is 383. The third-order valence-electron chi connectivity index (χ3n) is 4.44. The first-order chi connectivity index (χ1) is 10.0. The van der Waals surface area contributed by atoms with Crippen molar-refractivity contribution < 1.29 is 0 Å². The van der Waals surface area contributed by atoms with Crippen molar-refractivity contribution in [2.75, 3.05) is 13.6 Å². The van der Waals surface area contributed by atoms with Gasteiger partial charge in [-0.3, -0.25) is 4.90 Å². The monoisotopic (exact) mass is 290 g/mol. The summed E-state index contributed by atoms with van der Waals surface area (Å²) in [6.07, 6.45) is 3.90. The van der Waals surface area contributed by atoms with E-state index < -0.39 is 0 Å². The fourth-order valence-electron chi connectivity index (χ4n) is 3.13. The Labute approximate surface area is 131 Å². The smallest absolute Gasteiger partial charge is 0.0473 e. The fourth-order valence-corrected chi connectivity index (χ4v) is 3.13. The number of nitrogens with one attached hydrogen (secondary N) is 1. The molecule has 2 unspecified atom stereocenters. The van der Waals surface area contributed by atoms with E-state index in [0.29, 0.717) is 18.1 Å². The number of unbranched alkanes of at least 4 members (excludes halogenated alkanes) is 2. The van der Waals surface area contributed by atoms with Gasteiger partial charge in [-0.2, -0.15) is 0 Å². The summed E-state index contributed by atoms with van der Waals surface area (Å²) in [5.74, 6) is 0. The molecule has 0 bridgehead atoms. The van der Waals surface area contributed by atoms with Gasteiger partial charge in [-0.15, -0.1) is 0 Å². The van der Waals surface area contributed by atoms with Gasteiger partial charge in [0.05, 0.1) is 0 Å². The van der Waals surface area contributed by atoms with Crippen molar-refractivity contribution in [2.45, 2.75) is 72.0 Å². The molecule has 0 heterocycles. The Morgan fingerprint density at radius 2 is 1.67 bits per heavy atom. The molecule has 1 N–H and O–H groups in total. The summed E-state index contributed by atoms with van der Waals surface area (Å²) < 4.78 is 0. The number of likely N-dealkylation sites (N-methyl/N-ethyl adjacent to an activating group) is 1. The van der Waals surface area contributed by atoms with Crippen molar-refractivity contribution in [1.29, 1.82) is 0 Å². The van der Waals surface area contributed by atoms with Crippen LogP contribution in [0.15, 0.2) is 24.3 Å². The number of hydrogen-bond acceptors (Lipinski definition) is 2. The van der Waals surface area contributed by atoms with E-state index in [4.69, 9.17) is 0 Å². The van der Waals surface area contributed by atoms with Crippen LogP contribution in [-0.4, -0.2) is 30.6 Å². The van der Waals surface area contributed by atoms with Gasteiger partial charge in [0.25, 0.3) is 0 Å². The summed E-state index contributed by atoms with van der Waals surface area (Å²) in [7, 11) is 2.07. The Morgan fingerprint density at radius 3 is 2.14 bits per heavy atom. The second kappa shape index (κ2) is 9.22. The lowest BCUT2D eigenvalue weighted by molar-refractivity contribution is 0.131. The van der Waals surface area contributed by atoms with E-state index in [2.05, 4.69) is 76.1 Å². The van der Waals surface area contributed by atoms with Gasteiger partial charge in [0, 0.05) is 18.1 Å². The summed E-state index contributed by atoms with van der Waals surface area (Å²) in [6, 6.07) is 10.4. The Kier molecular flexibility index (Phi) is 7.98. The predicted molar refractivity (Wildman–Crippen MR) is 93.8 cm³/mol. The second-order valence-electron chi connectivity index (χ2n) is 6.46. The quantitative estimate of drug-likeness (QED) is 0.671. The van der Waals surface area contributed by atoms with Gasteiger partial charge in [0.2, 0.25) is 0 Å². The maximum absolute atomic E-state index is 3.52. The number of rotatable bonds is 9. The Morgan fingerprint density at radius 1 is 1.05 bits per heavy atom. The maximum atomic E-state index is 3.52. The average molecular weight is 290 g/mol. The highest BCUT2D eigenvalue weighted by molar-refractivity contribution is 5.25. The fraction of sp³-hybridized carbons (Fsp3) is 0.684. The van der Waals surface area contributed by atoms with Crippen molar-refractivity contribution in [2.24, 2.45) is 0 Å². The van der Waals surface area contributed by atoms with Gasteiger partial charge in [0.1, 0.15) is 0 Å². The van der Waals surface area contributed by atoms with Crippen LogP contribution in [-0.2, 0) is 0 Å². The van der Waals surface area contributed by atoms with Crippen LogP contribution >= 0.6 is 0 Å². The first-order valence-electron chi connectivity index (χ1n) is 8.50. The van der Waals surface area contributed by atoms with Crippen LogP contribution in [0.1, 0.15) is 64.1 Å². The zero-order valence-corrected chi connectivity index (χ0v) is 14.8. The van der Waals surface area contributed by atoms with Crippen LogP contribution in [0.5, 0.6) is 0 Å². The summed E-state index contributed by atoms with van der Waals surface area (Å²) in [4.78, 5) is 2.64. The molecule has 0 aliphatic heterocycles. The Hall–Kier alpha value is -0.860. The van der Waals surface area contributed by atoms with Crippen LogP contribution in [0, 0.1) is 6.92 Å². The van der Waals surface area contributed by atoms with Gasteiger partial charge in [-0.05, 0) is 53.3 Å². The number of hydrogen-bond donors (Lipinski definition) is 1. The van der Waals surface area contributed by atoms with Crippen LogP contribution < -0.4 is 5.32 Å². The molecule has 2 heteroatoms. The third kappa shape index (κ3) is 5.44. The summed E-state index contributed by atoms with van der Waals surface area (Å²) in [5, 5.41) is 3.52. The molecular weight excluding hydrogens is 256 g/mol. The van der Waals surface area contributed by atoms with Crippen molar-refractivity contribution >= 4 is 0 Å². The molecule has 120 valence electrons. The van der Waals surface area contributed by atoms with Gasteiger partial charge in [-0.1, -0.05) is 49.6 Å². The maximum Gasteiger partial charge on any atom is 0.0473 e. The third-order valence-corrected chi connectivity index (χ3v) is 4.44. The molecule has 0 fully saturated rings. The molecule has 0 amide bonds. The molecule has 0 aliphatic rings. The first kappa shape index (κ1) is 18.2. The zero-order chi connectivity index (χ0) is 15.8. The molecule has 2 atom stereocenters. The number of benzene rings is 1. The highest BCUT2D eigenvalue weighted by Crippen LogP contribution is 2.23. The highest BCUT2D eigenvalue weighted by atomic mass is 15.2. The van der Waals surface area contributed by atoms with E-state index >= 15 is 0 Å². The van der Waals surface area contributed by atoms with E-state index in [-0.39, 0.29) is 0 Å². The van der Waals surface area contributed by atoms with Gasteiger partial charge >= 0.3 is 0 Å². The Balaban J connectivity index is 2.82. The van der Waals surface area contributed by atoms with Gasteiger partial charge < -0.3 is 5.32 Å². The molecule has 0 spiro atoms. The van der Waals surface area contributed by atoms with Crippen LogP contribution in [0.4, 0.5) is 0 Å². The summed E-state index contributed by atoms with van der Waals surface area (Å²) >= 11 is 0. The number of aryl methyl sites for hydroxylation is 1. The van der Waals surface area contributed by atoms with Crippen molar-refractivity contribution in [3.05, 3.63) is 35.4 Å².